The van der Waals surface area contributed by atoms with E-state index in [-0.39, 0.29) is 0 Å². The zero-order chi connectivity index (χ0) is 16.2. The number of anilines is 3. The molecule has 0 spiro atoms. The van der Waals surface area contributed by atoms with Crippen LogP contribution in [0, 0.1) is 0 Å². The predicted molar refractivity (Wildman–Crippen MR) is 97.2 cm³/mol. The monoisotopic (exact) mass is 376 g/mol. The zero-order valence-electron chi connectivity index (χ0n) is 13.4. The molecule has 2 aromatic rings. The van der Waals surface area contributed by atoms with Gasteiger partial charge < -0.3 is 15.1 Å². The average Bonchev–Trinajstić information content (AvgIpc) is 2.56. The van der Waals surface area contributed by atoms with E-state index in [4.69, 9.17) is 0 Å². The first-order valence-corrected chi connectivity index (χ1v) is 8.55. The van der Waals surface area contributed by atoms with Gasteiger partial charge >= 0.3 is 0 Å². The molecule has 122 valence electrons. The summed E-state index contributed by atoms with van der Waals surface area (Å²) in [5.74, 6) is 2.60. The summed E-state index contributed by atoms with van der Waals surface area (Å²) in [6, 6.07) is 6.25. The third-order valence-electron chi connectivity index (χ3n) is 3.85. The number of nitrogens with one attached hydrogen (secondary N) is 1. The Morgan fingerprint density at radius 2 is 2.13 bits per heavy atom. The lowest BCUT2D eigenvalue weighted by atomic mass is 10.1. The van der Waals surface area contributed by atoms with Crippen LogP contribution in [-0.2, 0) is 0 Å². The smallest absolute Gasteiger partial charge is 0.226 e. The second-order valence-electron chi connectivity index (χ2n) is 5.87. The fourth-order valence-electron chi connectivity index (χ4n) is 2.75. The molecule has 6 nitrogen and oxygen atoms in total. The molecule has 0 saturated carbocycles. The highest BCUT2D eigenvalue weighted by Crippen LogP contribution is 2.26. The van der Waals surface area contributed by atoms with Gasteiger partial charge in [-0.2, -0.15) is 4.98 Å². The van der Waals surface area contributed by atoms with Crippen LogP contribution in [0.5, 0.6) is 0 Å². The summed E-state index contributed by atoms with van der Waals surface area (Å²) in [7, 11) is 3.89. The molecule has 7 heteroatoms. The van der Waals surface area contributed by atoms with Crippen LogP contribution in [0.25, 0.3) is 0 Å². The molecule has 1 atom stereocenters. The van der Waals surface area contributed by atoms with Crippen LogP contribution in [0.3, 0.4) is 0 Å². The largest absolute Gasteiger partial charge is 0.365 e. The van der Waals surface area contributed by atoms with E-state index in [9.17, 15) is 0 Å². The Balaban J connectivity index is 1.70. The fourth-order valence-corrected chi connectivity index (χ4v) is 3.26. The lowest BCUT2D eigenvalue weighted by molar-refractivity contribution is 0.525. The number of aromatic nitrogens is 3. The van der Waals surface area contributed by atoms with Gasteiger partial charge in [-0.15, -0.1) is 0 Å². The highest BCUT2D eigenvalue weighted by atomic mass is 79.9. The highest BCUT2D eigenvalue weighted by molar-refractivity contribution is 9.10. The van der Waals surface area contributed by atoms with E-state index < -0.39 is 0 Å². The molecular formula is C16H21BrN6. The predicted octanol–water partition coefficient (Wildman–Crippen LogP) is 2.78. The molecule has 1 fully saturated rings. The first-order valence-electron chi connectivity index (χ1n) is 7.76. The van der Waals surface area contributed by atoms with Crippen molar-refractivity contribution in [2.24, 2.45) is 0 Å². The lowest BCUT2D eigenvalue weighted by Gasteiger charge is -2.34. The molecule has 1 saturated heterocycles. The van der Waals surface area contributed by atoms with Gasteiger partial charge in [-0.25, -0.2) is 9.97 Å². The maximum Gasteiger partial charge on any atom is 0.226 e. The minimum Gasteiger partial charge on any atom is -0.365 e. The molecule has 1 aliphatic heterocycles. The standard InChI is InChI=1S/C16H21BrN6/c1-22(2)16-19-9-7-14(21-16)20-12-5-4-10-23(11-12)15-13(17)6-3-8-18-15/h3,6-9,12H,4-5,10-11H2,1-2H3,(H,19,20,21). The van der Waals surface area contributed by atoms with Crippen LogP contribution < -0.4 is 15.1 Å². The van der Waals surface area contributed by atoms with Gasteiger partial charge in [-0.3, -0.25) is 0 Å². The van der Waals surface area contributed by atoms with Gasteiger partial charge in [0, 0.05) is 45.6 Å². The zero-order valence-corrected chi connectivity index (χ0v) is 15.0. The molecule has 1 N–H and O–H groups in total. The van der Waals surface area contributed by atoms with Crippen LogP contribution in [-0.4, -0.2) is 48.2 Å². The van der Waals surface area contributed by atoms with Crippen molar-refractivity contribution in [3.8, 4) is 0 Å². The molecule has 0 bridgehead atoms. The molecule has 3 rings (SSSR count). The van der Waals surface area contributed by atoms with Crippen LogP contribution in [0.4, 0.5) is 17.6 Å². The normalized spacial score (nSPS) is 17.9. The van der Waals surface area contributed by atoms with Crippen LogP contribution in [0.1, 0.15) is 12.8 Å². The minimum atomic E-state index is 0.350. The summed E-state index contributed by atoms with van der Waals surface area (Å²) >= 11 is 3.59. The van der Waals surface area contributed by atoms with E-state index in [1.54, 1.807) is 6.20 Å². The van der Waals surface area contributed by atoms with Gasteiger partial charge in [0.05, 0.1) is 4.47 Å². The van der Waals surface area contributed by atoms with E-state index in [1.807, 2.05) is 43.4 Å². The van der Waals surface area contributed by atoms with E-state index in [0.717, 1.165) is 48.0 Å². The van der Waals surface area contributed by atoms with Crippen molar-refractivity contribution < 1.29 is 0 Å². The summed E-state index contributed by atoms with van der Waals surface area (Å²) < 4.78 is 1.04. The van der Waals surface area contributed by atoms with Gasteiger partial charge in [0.2, 0.25) is 5.95 Å². The van der Waals surface area contributed by atoms with Crippen LogP contribution in [0.2, 0.25) is 0 Å². The quantitative estimate of drug-likeness (QED) is 0.885. The number of halogens is 1. The summed E-state index contributed by atoms with van der Waals surface area (Å²) in [6.45, 7) is 1.94. The lowest BCUT2D eigenvalue weighted by Crippen LogP contribution is -2.42. The Bertz CT molecular complexity index is 663. The second kappa shape index (κ2) is 7.12. The minimum absolute atomic E-state index is 0.350. The van der Waals surface area contributed by atoms with Crippen molar-refractivity contribution >= 4 is 33.5 Å². The third kappa shape index (κ3) is 3.90. The number of pyridine rings is 1. The summed E-state index contributed by atoms with van der Waals surface area (Å²) in [5, 5.41) is 3.53. The maximum absolute atomic E-state index is 4.54. The molecule has 3 heterocycles. The van der Waals surface area contributed by atoms with Gasteiger partial charge in [0.25, 0.3) is 0 Å². The number of piperidine rings is 1. The summed E-state index contributed by atoms with van der Waals surface area (Å²) in [6.07, 6.45) is 5.89. The topological polar surface area (TPSA) is 57.2 Å². The molecule has 0 radical (unpaired) electrons. The summed E-state index contributed by atoms with van der Waals surface area (Å²) in [4.78, 5) is 17.5. The molecule has 2 aromatic heterocycles. The van der Waals surface area contributed by atoms with Crippen molar-refractivity contribution in [2.75, 3.05) is 42.3 Å². The van der Waals surface area contributed by atoms with Gasteiger partial charge in [-0.05, 0) is 47.0 Å². The number of rotatable bonds is 4. The molecule has 1 aliphatic rings. The second-order valence-corrected chi connectivity index (χ2v) is 6.73. The van der Waals surface area contributed by atoms with Crippen molar-refractivity contribution in [1.29, 1.82) is 0 Å². The first kappa shape index (κ1) is 16.0. The summed E-state index contributed by atoms with van der Waals surface area (Å²) in [5.41, 5.74) is 0. The van der Waals surface area contributed by atoms with Crippen LogP contribution >= 0.6 is 15.9 Å². The molecule has 0 aromatic carbocycles. The fraction of sp³-hybridized carbons (Fsp3) is 0.438. The van der Waals surface area contributed by atoms with Crippen LogP contribution in [0.15, 0.2) is 35.1 Å². The first-order chi connectivity index (χ1) is 11.1. The molecule has 0 amide bonds. The highest BCUT2D eigenvalue weighted by Gasteiger charge is 2.22. The van der Waals surface area contributed by atoms with E-state index in [1.165, 1.54) is 0 Å². The van der Waals surface area contributed by atoms with Crippen molar-refractivity contribution in [1.82, 2.24) is 15.0 Å². The van der Waals surface area contributed by atoms with Gasteiger partial charge in [-0.1, -0.05) is 0 Å². The average molecular weight is 377 g/mol. The number of nitrogens with zero attached hydrogens (tertiary/aromatic N) is 5. The number of hydrogen-bond donors (Lipinski definition) is 1. The molecular weight excluding hydrogens is 356 g/mol. The van der Waals surface area contributed by atoms with E-state index >= 15 is 0 Å². The Morgan fingerprint density at radius 1 is 1.26 bits per heavy atom. The van der Waals surface area contributed by atoms with Crippen molar-refractivity contribution in [2.45, 2.75) is 18.9 Å². The molecule has 23 heavy (non-hydrogen) atoms. The van der Waals surface area contributed by atoms with Crippen molar-refractivity contribution in [3.63, 3.8) is 0 Å². The Morgan fingerprint density at radius 3 is 2.91 bits per heavy atom. The Labute approximate surface area is 145 Å². The Hall–Kier alpha value is -1.89. The number of hydrogen-bond acceptors (Lipinski definition) is 6. The van der Waals surface area contributed by atoms with Gasteiger partial charge in [0.15, 0.2) is 0 Å². The van der Waals surface area contributed by atoms with E-state index in [2.05, 4.69) is 41.1 Å². The third-order valence-corrected chi connectivity index (χ3v) is 4.47. The maximum atomic E-state index is 4.54. The Kier molecular flexibility index (Phi) is 4.95. The molecule has 1 unspecified atom stereocenters. The SMILES string of the molecule is CN(C)c1nccc(NC2CCCN(c3ncccc3Br)C2)n1. The van der Waals surface area contributed by atoms with Gasteiger partial charge in [0.1, 0.15) is 11.6 Å². The molecule has 0 aliphatic carbocycles. The van der Waals surface area contributed by atoms with Crippen molar-refractivity contribution in [3.05, 3.63) is 35.1 Å². The van der Waals surface area contributed by atoms with E-state index in [0.29, 0.717) is 6.04 Å².